The molecule has 0 radical (unpaired) electrons. The van der Waals surface area contributed by atoms with Gasteiger partial charge in [0.15, 0.2) is 0 Å². The van der Waals surface area contributed by atoms with Crippen molar-refractivity contribution < 1.29 is 5.11 Å². The van der Waals surface area contributed by atoms with Gasteiger partial charge in [0.1, 0.15) is 5.54 Å². The maximum atomic E-state index is 9.61. The van der Waals surface area contributed by atoms with E-state index in [0.29, 0.717) is 10.7 Å². The highest BCUT2D eigenvalue weighted by molar-refractivity contribution is 6.30. The molecule has 4 nitrogen and oxygen atoms in total. The van der Waals surface area contributed by atoms with Gasteiger partial charge in [-0.3, -0.25) is 9.97 Å². The number of rotatable bonds is 4. The average molecular weight is 264 g/mol. The van der Waals surface area contributed by atoms with Crippen LogP contribution in [0.15, 0.2) is 42.9 Å². The summed E-state index contributed by atoms with van der Waals surface area (Å²) in [6.45, 7) is 1.76. The molecule has 0 saturated carbocycles. The third-order valence-electron chi connectivity index (χ3n) is 2.69. The zero-order chi connectivity index (χ0) is 13.0. The van der Waals surface area contributed by atoms with Crippen molar-refractivity contribution in [2.75, 3.05) is 11.9 Å². The molecule has 18 heavy (non-hydrogen) atoms. The molecule has 0 amide bonds. The van der Waals surface area contributed by atoms with E-state index in [2.05, 4.69) is 15.3 Å². The lowest BCUT2D eigenvalue weighted by Crippen LogP contribution is -2.36. The zero-order valence-electron chi connectivity index (χ0n) is 9.97. The minimum atomic E-state index is -0.695. The van der Waals surface area contributed by atoms with E-state index in [0.717, 1.165) is 5.69 Å². The van der Waals surface area contributed by atoms with E-state index in [1.165, 1.54) is 0 Å². The second kappa shape index (κ2) is 5.33. The van der Waals surface area contributed by atoms with Crippen molar-refractivity contribution >= 4 is 17.3 Å². The van der Waals surface area contributed by atoms with Crippen LogP contribution in [0.2, 0.25) is 5.02 Å². The van der Waals surface area contributed by atoms with E-state index in [1.54, 1.807) is 30.7 Å². The highest BCUT2D eigenvalue weighted by Gasteiger charge is 2.27. The SMILES string of the molecule is CC(CO)(Nc1cccc(Cl)c1)c1cnccn1. The van der Waals surface area contributed by atoms with Crippen LogP contribution in [-0.4, -0.2) is 21.7 Å². The number of aliphatic hydroxyl groups excluding tert-OH is 1. The van der Waals surface area contributed by atoms with Gasteiger partial charge in [0.05, 0.1) is 18.5 Å². The van der Waals surface area contributed by atoms with E-state index in [4.69, 9.17) is 11.6 Å². The van der Waals surface area contributed by atoms with Crippen molar-refractivity contribution in [2.45, 2.75) is 12.5 Å². The van der Waals surface area contributed by atoms with Crippen LogP contribution < -0.4 is 5.32 Å². The quantitative estimate of drug-likeness (QED) is 0.890. The summed E-state index contributed by atoms with van der Waals surface area (Å²) in [5.41, 5.74) is 0.802. The van der Waals surface area contributed by atoms with Gasteiger partial charge >= 0.3 is 0 Å². The van der Waals surface area contributed by atoms with Crippen LogP contribution in [0.3, 0.4) is 0 Å². The van der Waals surface area contributed by atoms with Crippen LogP contribution in [0.4, 0.5) is 5.69 Å². The molecule has 2 aromatic rings. The molecule has 2 N–H and O–H groups in total. The Labute approximate surface area is 111 Å². The topological polar surface area (TPSA) is 58.0 Å². The Morgan fingerprint density at radius 2 is 2.22 bits per heavy atom. The smallest absolute Gasteiger partial charge is 0.102 e. The first-order valence-corrected chi connectivity index (χ1v) is 5.93. The number of hydrogen-bond acceptors (Lipinski definition) is 4. The fraction of sp³-hybridized carbons (Fsp3) is 0.231. The van der Waals surface area contributed by atoms with Crippen molar-refractivity contribution in [3.63, 3.8) is 0 Å². The molecular formula is C13H14ClN3O. The van der Waals surface area contributed by atoms with Crippen LogP contribution >= 0.6 is 11.6 Å². The molecule has 0 aliphatic carbocycles. The van der Waals surface area contributed by atoms with Gasteiger partial charge in [0.25, 0.3) is 0 Å². The molecule has 0 aliphatic heterocycles. The number of nitrogens with zero attached hydrogens (tertiary/aromatic N) is 2. The highest BCUT2D eigenvalue weighted by atomic mass is 35.5. The molecular weight excluding hydrogens is 250 g/mol. The van der Waals surface area contributed by atoms with Crippen molar-refractivity contribution in [3.8, 4) is 0 Å². The summed E-state index contributed by atoms with van der Waals surface area (Å²) >= 11 is 5.93. The third kappa shape index (κ3) is 2.78. The molecule has 94 valence electrons. The first-order valence-electron chi connectivity index (χ1n) is 5.55. The molecule has 0 spiro atoms. The summed E-state index contributed by atoms with van der Waals surface area (Å²) in [7, 11) is 0. The highest BCUT2D eigenvalue weighted by Crippen LogP contribution is 2.25. The Hall–Kier alpha value is -1.65. The lowest BCUT2D eigenvalue weighted by molar-refractivity contribution is 0.220. The Morgan fingerprint density at radius 1 is 1.39 bits per heavy atom. The Morgan fingerprint density at radius 3 is 2.83 bits per heavy atom. The summed E-state index contributed by atoms with van der Waals surface area (Å²) in [5.74, 6) is 0. The predicted molar refractivity (Wildman–Crippen MR) is 71.5 cm³/mol. The molecule has 1 aromatic heterocycles. The van der Waals surface area contributed by atoms with Gasteiger partial charge in [-0.05, 0) is 25.1 Å². The molecule has 1 aromatic carbocycles. The summed E-state index contributed by atoms with van der Waals surface area (Å²) < 4.78 is 0. The normalized spacial score (nSPS) is 13.9. The maximum Gasteiger partial charge on any atom is 0.102 e. The van der Waals surface area contributed by atoms with Crippen molar-refractivity contribution in [3.05, 3.63) is 53.6 Å². The third-order valence-corrected chi connectivity index (χ3v) is 2.92. The van der Waals surface area contributed by atoms with Gasteiger partial charge in [-0.1, -0.05) is 17.7 Å². The molecule has 0 saturated heterocycles. The van der Waals surface area contributed by atoms with Crippen LogP contribution in [0.25, 0.3) is 0 Å². The van der Waals surface area contributed by atoms with Gasteiger partial charge < -0.3 is 10.4 Å². The largest absolute Gasteiger partial charge is 0.394 e. The summed E-state index contributed by atoms with van der Waals surface area (Å²) in [6, 6.07) is 7.33. The minimum Gasteiger partial charge on any atom is -0.394 e. The van der Waals surface area contributed by atoms with Crippen molar-refractivity contribution in [1.82, 2.24) is 9.97 Å². The second-order valence-corrected chi connectivity index (χ2v) is 4.65. The van der Waals surface area contributed by atoms with E-state index in [-0.39, 0.29) is 6.61 Å². The van der Waals surface area contributed by atoms with Gasteiger partial charge in [0.2, 0.25) is 0 Å². The second-order valence-electron chi connectivity index (χ2n) is 4.22. The number of aliphatic hydroxyl groups is 1. The number of nitrogens with one attached hydrogen (secondary N) is 1. The van der Waals surface area contributed by atoms with Crippen LogP contribution in [0.5, 0.6) is 0 Å². The maximum absolute atomic E-state index is 9.61. The first-order chi connectivity index (χ1) is 8.64. The van der Waals surface area contributed by atoms with Gasteiger partial charge in [0, 0.05) is 23.1 Å². The van der Waals surface area contributed by atoms with Crippen LogP contribution in [-0.2, 0) is 5.54 Å². The summed E-state index contributed by atoms with van der Waals surface area (Å²) in [5, 5.41) is 13.5. The molecule has 5 heteroatoms. The molecule has 1 heterocycles. The summed E-state index contributed by atoms with van der Waals surface area (Å²) in [4.78, 5) is 8.24. The van der Waals surface area contributed by atoms with E-state index in [1.807, 2.05) is 19.1 Å². The molecule has 0 bridgehead atoms. The molecule has 0 aliphatic rings. The van der Waals surface area contributed by atoms with Crippen molar-refractivity contribution in [2.24, 2.45) is 0 Å². The van der Waals surface area contributed by atoms with E-state index < -0.39 is 5.54 Å². The zero-order valence-corrected chi connectivity index (χ0v) is 10.7. The number of hydrogen-bond donors (Lipinski definition) is 2. The fourth-order valence-corrected chi connectivity index (χ4v) is 1.84. The molecule has 1 unspecified atom stereocenters. The Balaban J connectivity index is 2.29. The fourth-order valence-electron chi connectivity index (χ4n) is 1.65. The summed E-state index contributed by atoms with van der Waals surface area (Å²) in [6.07, 6.45) is 4.83. The average Bonchev–Trinajstić information content (AvgIpc) is 2.39. The molecule has 0 fully saturated rings. The Bertz CT molecular complexity index is 521. The predicted octanol–water partition coefficient (Wildman–Crippen LogP) is 2.45. The minimum absolute atomic E-state index is 0.0990. The number of anilines is 1. The van der Waals surface area contributed by atoms with Crippen LogP contribution in [0.1, 0.15) is 12.6 Å². The number of halogens is 1. The lowest BCUT2D eigenvalue weighted by atomic mass is 9.99. The first kappa shape index (κ1) is 12.8. The number of aromatic nitrogens is 2. The van der Waals surface area contributed by atoms with Crippen LogP contribution in [0, 0.1) is 0 Å². The van der Waals surface area contributed by atoms with Gasteiger partial charge in [-0.15, -0.1) is 0 Å². The van der Waals surface area contributed by atoms with Gasteiger partial charge in [-0.2, -0.15) is 0 Å². The Kier molecular flexibility index (Phi) is 3.79. The van der Waals surface area contributed by atoms with Gasteiger partial charge in [-0.25, -0.2) is 0 Å². The van der Waals surface area contributed by atoms with Crippen molar-refractivity contribution in [1.29, 1.82) is 0 Å². The van der Waals surface area contributed by atoms with E-state index in [9.17, 15) is 5.11 Å². The van der Waals surface area contributed by atoms with E-state index >= 15 is 0 Å². The molecule has 1 atom stereocenters. The standard InChI is InChI=1S/C13H14ClN3O/c1-13(9-18,12-8-15-5-6-16-12)17-11-4-2-3-10(14)7-11/h2-8,17-18H,9H2,1H3. The number of benzene rings is 1. The monoisotopic (exact) mass is 263 g/mol. The molecule has 2 rings (SSSR count). The lowest BCUT2D eigenvalue weighted by Gasteiger charge is -2.29.